The third kappa shape index (κ3) is 2.16. The van der Waals surface area contributed by atoms with Crippen LogP contribution in [0.4, 0.5) is 0 Å². The zero-order chi connectivity index (χ0) is 14.2. The Bertz CT molecular complexity index is 633. The van der Waals surface area contributed by atoms with Crippen LogP contribution in [0.1, 0.15) is 48.2 Å². The number of carbonyl (C=O) groups excluding carboxylic acids is 1. The lowest BCUT2D eigenvalue weighted by molar-refractivity contribution is -0.0210. The fourth-order valence-electron chi connectivity index (χ4n) is 3.15. The van der Waals surface area contributed by atoms with Crippen molar-refractivity contribution < 1.29 is 13.9 Å². The summed E-state index contributed by atoms with van der Waals surface area (Å²) in [7, 11) is 1.63. The van der Waals surface area contributed by atoms with E-state index in [0.717, 1.165) is 42.2 Å². The summed E-state index contributed by atoms with van der Waals surface area (Å²) in [5, 5.41) is 0.982. The van der Waals surface area contributed by atoms with Gasteiger partial charge >= 0.3 is 0 Å². The van der Waals surface area contributed by atoms with E-state index in [0.29, 0.717) is 5.76 Å². The van der Waals surface area contributed by atoms with Crippen LogP contribution in [0.5, 0.6) is 0 Å². The lowest BCUT2D eigenvalue weighted by atomic mass is 9.80. The van der Waals surface area contributed by atoms with Gasteiger partial charge in [-0.15, -0.1) is 0 Å². The maximum Gasteiger partial charge on any atom is 0.229 e. The zero-order valence-electron chi connectivity index (χ0n) is 12.1. The number of ketones is 1. The first kappa shape index (κ1) is 13.4. The molecule has 1 aliphatic carbocycles. The van der Waals surface area contributed by atoms with Crippen LogP contribution in [0.3, 0.4) is 0 Å². The third-order valence-electron chi connectivity index (χ3n) is 4.36. The minimum atomic E-state index is -0.679. The highest BCUT2D eigenvalue weighted by Gasteiger charge is 2.41. The summed E-state index contributed by atoms with van der Waals surface area (Å²) in [4.78, 5) is 12.8. The summed E-state index contributed by atoms with van der Waals surface area (Å²) >= 11 is 0. The maximum absolute atomic E-state index is 12.8. The largest absolute Gasteiger partial charge is 0.453 e. The molecule has 1 heterocycles. The fourth-order valence-corrected chi connectivity index (χ4v) is 3.15. The van der Waals surface area contributed by atoms with Gasteiger partial charge in [-0.3, -0.25) is 4.79 Å². The average Bonchev–Trinajstić information content (AvgIpc) is 2.90. The number of methoxy groups -OCH3 is 1. The Morgan fingerprint density at radius 2 is 1.95 bits per heavy atom. The Kier molecular flexibility index (Phi) is 3.38. The van der Waals surface area contributed by atoms with Crippen molar-refractivity contribution in [3.8, 4) is 0 Å². The molecule has 0 N–H and O–H groups in total. The average molecular weight is 272 g/mol. The minimum Gasteiger partial charge on any atom is -0.453 e. The lowest BCUT2D eigenvalue weighted by Crippen LogP contribution is -2.42. The molecular weight excluding hydrogens is 252 g/mol. The Morgan fingerprint density at radius 1 is 1.20 bits per heavy atom. The van der Waals surface area contributed by atoms with Crippen molar-refractivity contribution in [1.82, 2.24) is 0 Å². The first-order valence-electron chi connectivity index (χ1n) is 7.25. The Hall–Kier alpha value is -1.61. The monoisotopic (exact) mass is 272 g/mol. The van der Waals surface area contributed by atoms with E-state index in [9.17, 15) is 4.79 Å². The maximum atomic E-state index is 12.8. The molecule has 0 atom stereocenters. The van der Waals surface area contributed by atoms with Crippen molar-refractivity contribution in [3.05, 3.63) is 35.6 Å². The van der Waals surface area contributed by atoms with E-state index in [4.69, 9.17) is 9.15 Å². The van der Waals surface area contributed by atoms with E-state index in [1.807, 2.05) is 31.2 Å². The second-order valence-electron chi connectivity index (χ2n) is 5.74. The van der Waals surface area contributed by atoms with Crippen molar-refractivity contribution in [3.63, 3.8) is 0 Å². The second kappa shape index (κ2) is 5.06. The Balaban J connectivity index is 1.98. The van der Waals surface area contributed by atoms with Crippen LogP contribution < -0.4 is 0 Å². The summed E-state index contributed by atoms with van der Waals surface area (Å²) in [6.07, 6.45) is 4.84. The SMILES string of the molecule is COC1(C(=O)c2cc3cc(C)ccc3o2)CCCCC1. The molecule has 106 valence electrons. The number of rotatable bonds is 3. The molecule has 0 aliphatic heterocycles. The number of ether oxygens (including phenoxy) is 1. The van der Waals surface area contributed by atoms with Crippen molar-refractivity contribution in [1.29, 1.82) is 0 Å². The fraction of sp³-hybridized carbons (Fsp3) is 0.471. The number of Topliss-reactive ketones (excluding diaryl/α,β-unsaturated/α-hetero) is 1. The number of furan rings is 1. The van der Waals surface area contributed by atoms with Gasteiger partial charge in [-0.05, 0) is 38.0 Å². The first-order chi connectivity index (χ1) is 9.64. The number of hydrogen-bond donors (Lipinski definition) is 0. The molecule has 1 fully saturated rings. The molecule has 0 radical (unpaired) electrons. The number of fused-ring (bicyclic) bond motifs is 1. The zero-order valence-corrected chi connectivity index (χ0v) is 12.1. The van der Waals surface area contributed by atoms with Gasteiger partial charge < -0.3 is 9.15 Å². The number of benzene rings is 1. The highest BCUT2D eigenvalue weighted by molar-refractivity contribution is 6.03. The summed E-state index contributed by atoms with van der Waals surface area (Å²) in [5.74, 6) is 0.419. The Morgan fingerprint density at radius 3 is 2.65 bits per heavy atom. The molecule has 1 aromatic carbocycles. The van der Waals surface area contributed by atoms with Gasteiger partial charge in [-0.2, -0.15) is 0 Å². The van der Waals surface area contributed by atoms with Crippen LogP contribution in [0, 0.1) is 6.92 Å². The summed E-state index contributed by atoms with van der Waals surface area (Å²) in [6, 6.07) is 7.80. The van der Waals surface area contributed by atoms with E-state index < -0.39 is 5.60 Å². The van der Waals surface area contributed by atoms with Crippen LogP contribution in [-0.4, -0.2) is 18.5 Å². The molecule has 3 heteroatoms. The van der Waals surface area contributed by atoms with Gasteiger partial charge in [0.1, 0.15) is 11.2 Å². The number of hydrogen-bond acceptors (Lipinski definition) is 3. The predicted molar refractivity (Wildman–Crippen MR) is 78.1 cm³/mol. The van der Waals surface area contributed by atoms with Gasteiger partial charge in [-0.25, -0.2) is 0 Å². The highest BCUT2D eigenvalue weighted by Crippen LogP contribution is 2.35. The standard InChI is InChI=1S/C17H20O3/c1-12-6-7-14-13(10-12)11-15(20-14)16(18)17(19-2)8-4-3-5-9-17/h6-7,10-11H,3-5,8-9H2,1-2H3. The van der Waals surface area contributed by atoms with Crippen LogP contribution in [0.25, 0.3) is 11.0 Å². The van der Waals surface area contributed by atoms with E-state index in [1.54, 1.807) is 7.11 Å². The molecule has 2 aromatic rings. The van der Waals surface area contributed by atoms with Crippen LogP contribution >= 0.6 is 0 Å². The Labute approximate surface area is 118 Å². The highest BCUT2D eigenvalue weighted by atomic mass is 16.5. The molecule has 3 nitrogen and oxygen atoms in total. The van der Waals surface area contributed by atoms with E-state index in [1.165, 1.54) is 6.42 Å². The molecule has 3 rings (SSSR count). The smallest absolute Gasteiger partial charge is 0.229 e. The summed E-state index contributed by atoms with van der Waals surface area (Å²) < 4.78 is 11.3. The van der Waals surface area contributed by atoms with Gasteiger partial charge in [0.2, 0.25) is 5.78 Å². The van der Waals surface area contributed by atoms with Gasteiger partial charge in [0.05, 0.1) is 0 Å². The molecule has 1 aliphatic rings. The molecule has 1 aromatic heterocycles. The molecule has 0 amide bonds. The van der Waals surface area contributed by atoms with E-state index in [2.05, 4.69) is 0 Å². The first-order valence-corrected chi connectivity index (χ1v) is 7.25. The van der Waals surface area contributed by atoms with Gasteiger partial charge in [0, 0.05) is 12.5 Å². The van der Waals surface area contributed by atoms with E-state index >= 15 is 0 Å². The molecule has 20 heavy (non-hydrogen) atoms. The number of aryl methyl sites for hydroxylation is 1. The topological polar surface area (TPSA) is 39.4 Å². The lowest BCUT2D eigenvalue weighted by Gasteiger charge is -2.33. The molecule has 0 bridgehead atoms. The second-order valence-corrected chi connectivity index (χ2v) is 5.74. The third-order valence-corrected chi connectivity index (χ3v) is 4.36. The summed E-state index contributed by atoms with van der Waals surface area (Å²) in [6.45, 7) is 2.03. The van der Waals surface area contributed by atoms with Gasteiger partial charge in [-0.1, -0.05) is 30.9 Å². The molecule has 0 spiro atoms. The van der Waals surface area contributed by atoms with E-state index in [-0.39, 0.29) is 5.78 Å². The van der Waals surface area contributed by atoms with Crippen molar-refractivity contribution >= 4 is 16.8 Å². The molecular formula is C17H20O3. The predicted octanol–water partition coefficient (Wildman–Crippen LogP) is 4.27. The summed E-state index contributed by atoms with van der Waals surface area (Å²) in [5.41, 5.74) is 1.25. The molecule has 0 unspecified atom stereocenters. The minimum absolute atomic E-state index is 0.00597. The molecule has 0 saturated heterocycles. The van der Waals surface area contributed by atoms with Gasteiger partial charge in [0.25, 0.3) is 0 Å². The quantitative estimate of drug-likeness (QED) is 0.783. The van der Waals surface area contributed by atoms with Crippen molar-refractivity contribution in [2.24, 2.45) is 0 Å². The van der Waals surface area contributed by atoms with Crippen molar-refractivity contribution in [2.45, 2.75) is 44.6 Å². The van der Waals surface area contributed by atoms with Crippen LogP contribution in [0.2, 0.25) is 0 Å². The van der Waals surface area contributed by atoms with Crippen LogP contribution in [0.15, 0.2) is 28.7 Å². The number of carbonyl (C=O) groups is 1. The van der Waals surface area contributed by atoms with Crippen molar-refractivity contribution in [2.75, 3.05) is 7.11 Å². The molecule has 1 saturated carbocycles. The normalized spacial score (nSPS) is 18.3. The van der Waals surface area contributed by atoms with Crippen LogP contribution in [-0.2, 0) is 4.74 Å². The van der Waals surface area contributed by atoms with Gasteiger partial charge in [0.15, 0.2) is 5.76 Å².